The summed E-state index contributed by atoms with van der Waals surface area (Å²) in [5.74, 6) is 1.18. The number of hydrogen-bond acceptors (Lipinski definition) is 5. The van der Waals surface area contributed by atoms with Crippen LogP contribution >= 0.6 is 0 Å². The van der Waals surface area contributed by atoms with Crippen LogP contribution in [0.4, 0.5) is 0 Å². The van der Waals surface area contributed by atoms with Gasteiger partial charge in [-0.1, -0.05) is 5.16 Å². The topological polar surface area (TPSA) is 60.4 Å². The van der Waals surface area contributed by atoms with Crippen LogP contribution in [0.25, 0.3) is 0 Å². The van der Waals surface area contributed by atoms with Crippen LogP contribution in [0.3, 0.4) is 0 Å². The van der Waals surface area contributed by atoms with E-state index in [2.05, 4.69) is 5.16 Å². The summed E-state index contributed by atoms with van der Waals surface area (Å²) in [4.78, 5) is 18.5. The van der Waals surface area contributed by atoms with Crippen LogP contribution in [0, 0.1) is 0 Å². The van der Waals surface area contributed by atoms with E-state index in [1.54, 1.807) is 34.4 Å². The molecule has 1 aliphatic rings. The molecule has 1 amide bonds. The van der Waals surface area contributed by atoms with Gasteiger partial charge in [-0.05, 0) is 18.2 Å². The quantitative estimate of drug-likeness (QED) is 0.832. The lowest BCUT2D eigenvalue weighted by molar-refractivity contribution is -0.139. The third-order valence-corrected chi connectivity index (χ3v) is 3.10. The van der Waals surface area contributed by atoms with Crippen LogP contribution in [0.5, 0.6) is 11.5 Å². The molecule has 0 saturated carbocycles. The summed E-state index contributed by atoms with van der Waals surface area (Å²) in [5, 5.41) is 3.99. The molecule has 0 N–H and O–H groups in total. The highest BCUT2D eigenvalue weighted by atomic mass is 16.6. The number of ether oxygens (including phenoxy) is 2. The molecule has 0 saturated heterocycles. The Balaban J connectivity index is 2.16. The van der Waals surface area contributed by atoms with E-state index >= 15 is 0 Å². The predicted octanol–water partition coefficient (Wildman–Crippen LogP) is 1.28. The molecule has 0 bridgehead atoms. The van der Waals surface area contributed by atoms with Crippen LogP contribution in [0.2, 0.25) is 0 Å². The van der Waals surface area contributed by atoms with Gasteiger partial charge < -0.3 is 19.2 Å². The Bertz CT molecular complexity index is 540. The minimum absolute atomic E-state index is 0.0933. The number of hydrogen-bond donors (Lipinski definition) is 0. The molecule has 0 aromatic heterocycles. The smallest absolute Gasteiger partial charge is 0.266 e. The van der Waals surface area contributed by atoms with Gasteiger partial charge in [0.25, 0.3) is 5.91 Å². The largest absolute Gasteiger partial charge is 0.493 e. The average molecular weight is 278 g/mol. The molecule has 1 atom stereocenters. The van der Waals surface area contributed by atoms with Crippen LogP contribution in [-0.4, -0.2) is 50.9 Å². The Morgan fingerprint density at radius 2 is 2.00 bits per heavy atom. The molecule has 1 aliphatic heterocycles. The van der Waals surface area contributed by atoms with Crippen LogP contribution in [-0.2, 0) is 9.63 Å². The fourth-order valence-corrected chi connectivity index (χ4v) is 1.98. The molecule has 108 valence electrons. The first-order chi connectivity index (χ1) is 9.56. The summed E-state index contributed by atoms with van der Waals surface area (Å²) in [6.45, 7) is 0. The maximum atomic E-state index is 11.8. The molecule has 0 spiro atoms. The Labute approximate surface area is 117 Å². The molecule has 0 aliphatic carbocycles. The highest BCUT2D eigenvalue weighted by Crippen LogP contribution is 2.29. The van der Waals surface area contributed by atoms with Crippen molar-refractivity contribution in [3.8, 4) is 11.5 Å². The molecular formula is C14H18N2O4. The SMILES string of the molecule is COc1ccc(C2=NOC(C(=O)N(C)C)C2)cc1OC. The Kier molecular flexibility index (Phi) is 4.12. The van der Waals surface area contributed by atoms with Crippen LogP contribution < -0.4 is 9.47 Å². The van der Waals surface area contributed by atoms with Crippen molar-refractivity contribution in [2.24, 2.45) is 5.16 Å². The maximum Gasteiger partial charge on any atom is 0.266 e. The number of benzene rings is 1. The third kappa shape index (κ3) is 2.68. The summed E-state index contributed by atoms with van der Waals surface area (Å²) in [6, 6.07) is 5.49. The number of carbonyl (C=O) groups excluding carboxylic acids is 1. The van der Waals surface area contributed by atoms with Crippen molar-refractivity contribution < 1.29 is 19.1 Å². The van der Waals surface area contributed by atoms with Gasteiger partial charge in [-0.15, -0.1) is 0 Å². The fourth-order valence-electron chi connectivity index (χ4n) is 1.98. The van der Waals surface area contributed by atoms with E-state index in [-0.39, 0.29) is 5.91 Å². The van der Waals surface area contributed by atoms with Crippen molar-refractivity contribution in [1.29, 1.82) is 0 Å². The number of carbonyl (C=O) groups is 1. The number of nitrogens with zero attached hydrogens (tertiary/aromatic N) is 2. The third-order valence-electron chi connectivity index (χ3n) is 3.10. The van der Waals surface area contributed by atoms with Crippen molar-refractivity contribution in [1.82, 2.24) is 4.90 Å². The van der Waals surface area contributed by atoms with E-state index in [9.17, 15) is 4.79 Å². The normalized spacial score (nSPS) is 17.2. The molecule has 1 heterocycles. The molecule has 0 radical (unpaired) electrons. The zero-order chi connectivity index (χ0) is 14.7. The van der Waals surface area contributed by atoms with Gasteiger partial charge in [-0.3, -0.25) is 4.79 Å². The summed E-state index contributed by atoms with van der Waals surface area (Å²) in [5.41, 5.74) is 1.59. The van der Waals surface area contributed by atoms with E-state index in [1.165, 1.54) is 4.90 Å². The lowest BCUT2D eigenvalue weighted by atomic mass is 10.0. The molecule has 6 heteroatoms. The lowest BCUT2D eigenvalue weighted by Crippen LogP contribution is -2.33. The van der Waals surface area contributed by atoms with Crippen molar-refractivity contribution in [2.45, 2.75) is 12.5 Å². The monoisotopic (exact) mass is 278 g/mol. The first kappa shape index (κ1) is 14.2. The second-order valence-electron chi connectivity index (χ2n) is 4.64. The first-order valence-electron chi connectivity index (χ1n) is 6.23. The Morgan fingerprint density at radius 1 is 1.30 bits per heavy atom. The molecule has 1 aromatic carbocycles. The number of amides is 1. The second-order valence-corrected chi connectivity index (χ2v) is 4.64. The average Bonchev–Trinajstić information content (AvgIpc) is 2.95. The standard InChI is InChI=1S/C14H18N2O4/c1-16(2)14(17)13-8-10(15-20-13)9-5-6-11(18-3)12(7-9)19-4/h5-7,13H,8H2,1-4H3. The Hall–Kier alpha value is -2.24. The van der Waals surface area contributed by atoms with Gasteiger partial charge in [0.1, 0.15) is 0 Å². The summed E-state index contributed by atoms with van der Waals surface area (Å²) >= 11 is 0. The van der Waals surface area contributed by atoms with Gasteiger partial charge in [-0.25, -0.2) is 0 Å². The van der Waals surface area contributed by atoms with E-state index in [4.69, 9.17) is 14.3 Å². The Morgan fingerprint density at radius 3 is 2.60 bits per heavy atom. The molecule has 6 nitrogen and oxygen atoms in total. The van der Waals surface area contributed by atoms with E-state index in [1.807, 2.05) is 12.1 Å². The van der Waals surface area contributed by atoms with Gasteiger partial charge >= 0.3 is 0 Å². The van der Waals surface area contributed by atoms with Gasteiger partial charge in [-0.2, -0.15) is 0 Å². The lowest BCUT2D eigenvalue weighted by Gasteiger charge is -2.14. The van der Waals surface area contributed by atoms with Crippen molar-refractivity contribution in [3.05, 3.63) is 23.8 Å². The van der Waals surface area contributed by atoms with Gasteiger partial charge in [0.15, 0.2) is 11.5 Å². The minimum Gasteiger partial charge on any atom is -0.493 e. The molecule has 1 aromatic rings. The van der Waals surface area contributed by atoms with Gasteiger partial charge in [0.05, 0.1) is 19.9 Å². The molecular weight excluding hydrogens is 260 g/mol. The molecule has 20 heavy (non-hydrogen) atoms. The summed E-state index contributed by atoms with van der Waals surface area (Å²) in [6.07, 6.45) is -0.0972. The predicted molar refractivity (Wildman–Crippen MR) is 74.3 cm³/mol. The molecule has 2 rings (SSSR count). The van der Waals surface area contributed by atoms with E-state index in [0.717, 1.165) is 11.3 Å². The molecule has 0 fully saturated rings. The summed E-state index contributed by atoms with van der Waals surface area (Å²) in [7, 11) is 6.55. The van der Waals surface area contributed by atoms with Crippen molar-refractivity contribution in [3.63, 3.8) is 0 Å². The zero-order valence-electron chi connectivity index (χ0n) is 12.0. The highest BCUT2D eigenvalue weighted by molar-refractivity contribution is 6.04. The summed E-state index contributed by atoms with van der Waals surface area (Å²) < 4.78 is 10.4. The number of rotatable bonds is 4. The molecule has 1 unspecified atom stereocenters. The zero-order valence-corrected chi connectivity index (χ0v) is 12.0. The van der Waals surface area contributed by atoms with Crippen molar-refractivity contribution in [2.75, 3.05) is 28.3 Å². The van der Waals surface area contributed by atoms with E-state index in [0.29, 0.717) is 17.9 Å². The van der Waals surface area contributed by atoms with Crippen LogP contribution in [0.1, 0.15) is 12.0 Å². The van der Waals surface area contributed by atoms with Gasteiger partial charge in [0.2, 0.25) is 6.10 Å². The fraction of sp³-hybridized carbons (Fsp3) is 0.429. The number of likely N-dealkylation sites (N-methyl/N-ethyl adjacent to an activating group) is 1. The first-order valence-corrected chi connectivity index (χ1v) is 6.23. The second kappa shape index (κ2) is 5.81. The van der Waals surface area contributed by atoms with Crippen molar-refractivity contribution >= 4 is 11.6 Å². The number of oxime groups is 1. The maximum absolute atomic E-state index is 11.8. The van der Waals surface area contributed by atoms with Crippen LogP contribution in [0.15, 0.2) is 23.4 Å². The minimum atomic E-state index is -0.548. The van der Waals surface area contributed by atoms with E-state index < -0.39 is 6.10 Å². The number of methoxy groups -OCH3 is 2. The highest BCUT2D eigenvalue weighted by Gasteiger charge is 2.30. The van der Waals surface area contributed by atoms with Gasteiger partial charge in [0, 0.05) is 26.1 Å².